The molecule has 0 unspecified atom stereocenters. The van der Waals surface area contributed by atoms with Gasteiger partial charge in [-0.1, -0.05) is 0 Å². The smallest absolute Gasteiger partial charge is 0.554 e. The number of hydrogen-bond acceptors (Lipinski definition) is 3. The van der Waals surface area contributed by atoms with Gasteiger partial charge in [0, 0.05) is 18.6 Å². The van der Waals surface area contributed by atoms with Gasteiger partial charge in [-0.05, 0) is 27.7 Å². The van der Waals surface area contributed by atoms with Crippen molar-refractivity contribution in [3.8, 4) is 0 Å². The van der Waals surface area contributed by atoms with Crippen molar-refractivity contribution < 1.29 is 26.4 Å². The van der Waals surface area contributed by atoms with Gasteiger partial charge in [0.05, 0.1) is 0 Å². The topological polar surface area (TPSA) is 43.4 Å². The van der Waals surface area contributed by atoms with Crippen LogP contribution in [0.1, 0.15) is 27.7 Å². The summed E-state index contributed by atoms with van der Waals surface area (Å²) in [5.41, 5.74) is 0. The Morgan fingerprint density at radius 3 is 1.54 bits per heavy atom. The summed E-state index contributed by atoms with van der Waals surface area (Å²) in [6.07, 6.45) is 0. The molecule has 82 valence electrons. The molecule has 0 rings (SSSR count). The van der Waals surface area contributed by atoms with E-state index in [2.05, 4.69) is 39.5 Å². The molecule has 0 spiro atoms. The molecule has 0 aromatic heterocycles. The Morgan fingerprint density at radius 2 is 1.54 bits per heavy atom. The molecule has 0 bridgehead atoms. The van der Waals surface area contributed by atoms with Gasteiger partial charge in [0.2, 0.25) is 0 Å². The Balaban J connectivity index is -0.000000220. The number of hydrogen-bond donors (Lipinski definition) is 0. The summed E-state index contributed by atoms with van der Waals surface area (Å²) >= 11 is 0. The monoisotopic (exact) mass is 231 g/mol. The number of rotatable bonds is 3. The molecule has 0 aliphatic carbocycles. The van der Waals surface area contributed by atoms with Crippen LogP contribution in [0, 0.1) is 6.92 Å². The minimum absolute atomic E-state index is 0. The minimum Gasteiger partial charge on any atom is -0.554 e. The van der Waals surface area contributed by atoms with Crippen LogP contribution < -0.4 is 5.11 Å². The Bertz CT molecular complexity index is 99.8. The molecular weight excluding hydrogens is 213 g/mol. The molecule has 4 heteroatoms. The van der Waals surface area contributed by atoms with Gasteiger partial charge in [0.25, 0.3) is 0 Å². The molecule has 0 aliphatic rings. The molecule has 0 N–H and O–H groups in total. The molecule has 0 heterocycles. The maximum atomic E-state index is 8.25. The average Bonchev–Trinajstić information content (AvgIpc) is 1.88. The Morgan fingerprint density at radius 1 is 1.31 bits per heavy atom. The van der Waals surface area contributed by atoms with Crippen molar-refractivity contribution >= 4 is 6.47 Å². The number of carbonyl (C=O) groups is 1. The van der Waals surface area contributed by atoms with E-state index in [4.69, 9.17) is 9.90 Å². The summed E-state index contributed by atoms with van der Waals surface area (Å²) in [5, 5.41) is 8.25. The van der Waals surface area contributed by atoms with E-state index in [1.54, 1.807) is 0 Å². The van der Waals surface area contributed by atoms with Crippen molar-refractivity contribution in [2.45, 2.75) is 39.8 Å². The fraction of sp³-hybridized carbons (Fsp3) is 0.778. The van der Waals surface area contributed by atoms with Crippen LogP contribution in [0.5, 0.6) is 0 Å². The predicted molar refractivity (Wildman–Crippen MR) is 48.4 cm³/mol. The SMILES string of the molecule is O=C[O-].[CH2-]CN(C(C)C)C(C)C.[Ni+2]. The van der Waals surface area contributed by atoms with Crippen molar-refractivity contribution in [3.63, 3.8) is 0 Å². The number of carbonyl (C=O) groups excluding carboxylic acids is 1. The second kappa shape index (κ2) is 11.9. The third-order valence-electron chi connectivity index (χ3n) is 1.58. The second-order valence-corrected chi connectivity index (χ2v) is 3.02. The average molecular weight is 232 g/mol. The van der Waals surface area contributed by atoms with Gasteiger partial charge in [0.1, 0.15) is 0 Å². The van der Waals surface area contributed by atoms with Crippen LogP contribution in [0.2, 0.25) is 0 Å². The second-order valence-electron chi connectivity index (χ2n) is 3.02. The molecule has 0 amide bonds. The predicted octanol–water partition coefficient (Wildman–Crippen LogP) is 0.303. The maximum absolute atomic E-state index is 8.25. The Labute approximate surface area is 91.4 Å². The van der Waals surface area contributed by atoms with Crippen molar-refractivity contribution in [2.75, 3.05) is 6.54 Å². The molecule has 3 nitrogen and oxygen atoms in total. The zero-order chi connectivity index (χ0) is 10.1. The zero-order valence-corrected chi connectivity index (χ0v) is 9.71. The quantitative estimate of drug-likeness (QED) is 0.399. The summed E-state index contributed by atoms with van der Waals surface area (Å²) in [4.78, 5) is 10.6. The molecule has 0 aromatic rings. The third-order valence-corrected chi connectivity index (χ3v) is 1.58. The number of nitrogens with zero attached hydrogens (tertiary/aromatic N) is 1. The summed E-state index contributed by atoms with van der Waals surface area (Å²) in [7, 11) is 0. The molecule has 0 atom stereocenters. The molecule has 0 saturated heterocycles. The summed E-state index contributed by atoms with van der Waals surface area (Å²) in [5.74, 6) is 0. The first-order chi connectivity index (χ1) is 5.51. The molecular formula is C9H19NNiO2. The normalized spacial score (nSPS) is 9.23. The molecule has 0 aromatic carbocycles. The summed E-state index contributed by atoms with van der Waals surface area (Å²) < 4.78 is 0. The van der Waals surface area contributed by atoms with Crippen LogP contribution in [0.3, 0.4) is 0 Å². The minimum atomic E-state index is -0.500. The first-order valence-corrected chi connectivity index (χ1v) is 4.11. The van der Waals surface area contributed by atoms with Crippen molar-refractivity contribution in [1.82, 2.24) is 4.90 Å². The third kappa shape index (κ3) is 11.9. The van der Waals surface area contributed by atoms with Gasteiger partial charge >= 0.3 is 16.5 Å². The van der Waals surface area contributed by atoms with Crippen molar-refractivity contribution in [3.05, 3.63) is 6.92 Å². The number of carboxylic acid groups (broad SMARTS) is 1. The standard InChI is InChI=1S/C8H18N.CH2O2.Ni/c1-6-9(7(2)3)8(4)5;2-1-3;/h7-8H,1,6H2,2-5H3;1H,(H,2,3);/q-1;;+2/p-1. The molecule has 0 radical (unpaired) electrons. The van der Waals surface area contributed by atoms with E-state index in [-0.39, 0.29) is 16.5 Å². The van der Waals surface area contributed by atoms with E-state index < -0.39 is 6.47 Å². The molecule has 0 fully saturated rings. The maximum Gasteiger partial charge on any atom is 2.00 e. The van der Waals surface area contributed by atoms with Crippen LogP contribution in [0.25, 0.3) is 0 Å². The van der Waals surface area contributed by atoms with E-state index in [9.17, 15) is 0 Å². The van der Waals surface area contributed by atoms with E-state index in [1.165, 1.54) is 0 Å². The fourth-order valence-corrected chi connectivity index (χ4v) is 1.11. The molecule has 0 aliphatic heterocycles. The van der Waals surface area contributed by atoms with Gasteiger partial charge in [-0.25, -0.2) is 0 Å². The largest absolute Gasteiger partial charge is 2.00 e. The fourth-order valence-electron chi connectivity index (χ4n) is 1.11. The van der Waals surface area contributed by atoms with E-state index in [1.807, 2.05) is 0 Å². The Kier molecular flexibility index (Phi) is 17.1. The van der Waals surface area contributed by atoms with Crippen LogP contribution in [0.4, 0.5) is 0 Å². The van der Waals surface area contributed by atoms with Crippen molar-refractivity contribution in [1.29, 1.82) is 0 Å². The van der Waals surface area contributed by atoms with Gasteiger partial charge in [-0.2, -0.15) is 0 Å². The van der Waals surface area contributed by atoms with Gasteiger partial charge in [-0.15, -0.1) is 6.54 Å². The molecule has 0 saturated carbocycles. The summed E-state index contributed by atoms with van der Waals surface area (Å²) in [6.45, 7) is 13.1. The van der Waals surface area contributed by atoms with E-state index >= 15 is 0 Å². The van der Waals surface area contributed by atoms with Crippen LogP contribution in [-0.4, -0.2) is 30.0 Å². The first kappa shape index (κ1) is 18.7. The van der Waals surface area contributed by atoms with Crippen LogP contribution >= 0.6 is 0 Å². The first-order valence-electron chi connectivity index (χ1n) is 4.11. The van der Waals surface area contributed by atoms with Gasteiger partial charge < -0.3 is 21.7 Å². The van der Waals surface area contributed by atoms with E-state index in [0.29, 0.717) is 12.1 Å². The van der Waals surface area contributed by atoms with Crippen LogP contribution in [-0.2, 0) is 21.3 Å². The molecule has 13 heavy (non-hydrogen) atoms. The van der Waals surface area contributed by atoms with E-state index in [0.717, 1.165) is 6.54 Å². The Hall–Kier alpha value is -0.0765. The van der Waals surface area contributed by atoms with Crippen LogP contribution in [0.15, 0.2) is 0 Å². The zero-order valence-electron chi connectivity index (χ0n) is 8.73. The van der Waals surface area contributed by atoms with Gasteiger partial charge in [-0.3, -0.25) is 0 Å². The summed E-state index contributed by atoms with van der Waals surface area (Å²) in [6, 6.07) is 1.25. The van der Waals surface area contributed by atoms with Crippen molar-refractivity contribution in [2.24, 2.45) is 0 Å². The van der Waals surface area contributed by atoms with Gasteiger partial charge in [0.15, 0.2) is 0 Å².